The summed E-state index contributed by atoms with van der Waals surface area (Å²) in [4.78, 5) is 0. The van der Waals surface area contributed by atoms with E-state index in [9.17, 15) is 0 Å². The highest BCUT2D eigenvalue weighted by Gasteiger charge is 2.15. The molecule has 0 heterocycles. The number of anilines is 1. The lowest BCUT2D eigenvalue weighted by atomic mass is 9.85. The van der Waals surface area contributed by atoms with Gasteiger partial charge in [-0.15, -0.1) is 0 Å². The standard InChI is InChI=1S/C14H23NO/c1-10-7-12(14(3,4)5)8-11(2)13(10)15-9-16-6/h7-8,15H,9H2,1-6H3. The van der Waals surface area contributed by atoms with Gasteiger partial charge in [0.05, 0.1) is 0 Å². The number of methoxy groups -OCH3 is 1. The highest BCUT2D eigenvalue weighted by atomic mass is 16.5. The molecule has 0 aliphatic heterocycles. The van der Waals surface area contributed by atoms with Crippen LogP contribution < -0.4 is 5.32 Å². The SMILES string of the molecule is COCNc1c(C)cc(C(C)(C)C)cc1C. The van der Waals surface area contributed by atoms with Gasteiger partial charge in [0.25, 0.3) is 0 Å². The predicted molar refractivity (Wildman–Crippen MR) is 70.1 cm³/mol. The van der Waals surface area contributed by atoms with E-state index in [0.29, 0.717) is 6.73 Å². The number of hydrogen-bond acceptors (Lipinski definition) is 2. The number of benzene rings is 1. The van der Waals surface area contributed by atoms with Crippen molar-refractivity contribution in [2.75, 3.05) is 19.2 Å². The van der Waals surface area contributed by atoms with E-state index >= 15 is 0 Å². The van der Waals surface area contributed by atoms with Crippen LogP contribution in [0.3, 0.4) is 0 Å². The normalized spacial score (nSPS) is 11.6. The Balaban J connectivity index is 3.08. The predicted octanol–water partition coefficient (Wildman–Crippen LogP) is 3.62. The summed E-state index contributed by atoms with van der Waals surface area (Å²) in [5.74, 6) is 0. The second-order valence-electron chi connectivity index (χ2n) is 5.34. The van der Waals surface area contributed by atoms with Crippen molar-refractivity contribution < 1.29 is 4.74 Å². The van der Waals surface area contributed by atoms with Gasteiger partial charge >= 0.3 is 0 Å². The first-order chi connectivity index (χ1) is 7.36. The van der Waals surface area contributed by atoms with Crippen molar-refractivity contribution in [1.29, 1.82) is 0 Å². The highest BCUT2D eigenvalue weighted by molar-refractivity contribution is 5.58. The molecular formula is C14H23NO. The zero-order chi connectivity index (χ0) is 12.3. The number of aryl methyl sites for hydroxylation is 2. The number of rotatable bonds is 3. The van der Waals surface area contributed by atoms with E-state index in [2.05, 4.69) is 52.1 Å². The molecule has 0 radical (unpaired) electrons. The lowest BCUT2D eigenvalue weighted by molar-refractivity contribution is 0.221. The summed E-state index contributed by atoms with van der Waals surface area (Å²) in [6.45, 7) is 11.5. The molecule has 0 amide bonds. The van der Waals surface area contributed by atoms with Crippen LogP contribution in [0, 0.1) is 13.8 Å². The van der Waals surface area contributed by atoms with Gasteiger partial charge in [-0.2, -0.15) is 0 Å². The zero-order valence-corrected chi connectivity index (χ0v) is 11.3. The van der Waals surface area contributed by atoms with E-state index < -0.39 is 0 Å². The maximum atomic E-state index is 5.04. The topological polar surface area (TPSA) is 21.3 Å². The summed E-state index contributed by atoms with van der Waals surface area (Å²) in [5, 5.41) is 3.29. The molecular weight excluding hydrogens is 198 g/mol. The molecule has 0 fully saturated rings. The molecule has 0 spiro atoms. The molecule has 1 aromatic carbocycles. The number of ether oxygens (including phenoxy) is 1. The quantitative estimate of drug-likeness (QED) is 0.787. The van der Waals surface area contributed by atoms with Crippen LogP contribution in [0.4, 0.5) is 5.69 Å². The van der Waals surface area contributed by atoms with E-state index in [1.807, 2.05) is 0 Å². The van der Waals surface area contributed by atoms with Crippen molar-refractivity contribution in [2.24, 2.45) is 0 Å². The van der Waals surface area contributed by atoms with Gasteiger partial charge in [-0.05, 0) is 36.0 Å². The minimum absolute atomic E-state index is 0.204. The Morgan fingerprint density at radius 2 is 1.62 bits per heavy atom. The Hall–Kier alpha value is -1.02. The van der Waals surface area contributed by atoms with Gasteiger partial charge in [-0.25, -0.2) is 0 Å². The molecule has 1 N–H and O–H groups in total. The average Bonchev–Trinajstić information content (AvgIpc) is 2.15. The average molecular weight is 221 g/mol. The Bertz CT molecular complexity index is 340. The van der Waals surface area contributed by atoms with Gasteiger partial charge in [0.15, 0.2) is 0 Å². The summed E-state index contributed by atoms with van der Waals surface area (Å²) in [5.41, 5.74) is 5.33. The van der Waals surface area contributed by atoms with E-state index in [1.165, 1.54) is 22.4 Å². The van der Waals surface area contributed by atoms with Crippen LogP contribution >= 0.6 is 0 Å². The Morgan fingerprint density at radius 3 is 2.00 bits per heavy atom. The first kappa shape index (κ1) is 13.0. The van der Waals surface area contributed by atoms with Crippen LogP contribution in [0.25, 0.3) is 0 Å². The largest absolute Gasteiger partial charge is 0.365 e. The van der Waals surface area contributed by atoms with Gasteiger partial charge in [-0.3, -0.25) is 0 Å². The monoisotopic (exact) mass is 221 g/mol. The maximum absolute atomic E-state index is 5.04. The van der Waals surface area contributed by atoms with Crippen LogP contribution in [-0.4, -0.2) is 13.8 Å². The van der Waals surface area contributed by atoms with Crippen molar-refractivity contribution in [3.05, 3.63) is 28.8 Å². The Morgan fingerprint density at radius 1 is 1.12 bits per heavy atom. The van der Waals surface area contributed by atoms with Gasteiger partial charge in [0.2, 0.25) is 0 Å². The van der Waals surface area contributed by atoms with E-state index in [1.54, 1.807) is 7.11 Å². The van der Waals surface area contributed by atoms with Crippen molar-refractivity contribution in [3.63, 3.8) is 0 Å². The number of nitrogens with one attached hydrogen (secondary N) is 1. The minimum Gasteiger partial charge on any atom is -0.365 e. The number of hydrogen-bond donors (Lipinski definition) is 1. The smallest absolute Gasteiger partial charge is 0.116 e. The molecule has 16 heavy (non-hydrogen) atoms. The lowest BCUT2D eigenvalue weighted by Crippen LogP contribution is -2.13. The molecule has 2 heteroatoms. The summed E-state index contributed by atoms with van der Waals surface area (Å²) in [6, 6.07) is 4.51. The second-order valence-corrected chi connectivity index (χ2v) is 5.34. The van der Waals surface area contributed by atoms with Crippen LogP contribution in [0.1, 0.15) is 37.5 Å². The Labute approximate surface area is 99.0 Å². The van der Waals surface area contributed by atoms with Gasteiger partial charge in [0.1, 0.15) is 6.73 Å². The first-order valence-corrected chi connectivity index (χ1v) is 5.71. The minimum atomic E-state index is 0.204. The fourth-order valence-corrected chi connectivity index (χ4v) is 1.82. The molecule has 0 bridgehead atoms. The zero-order valence-electron chi connectivity index (χ0n) is 11.3. The van der Waals surface area contributed by atoms with Crippen molar-refractivity contribution in [1.82, 2.24) is 0 Å². The molecule has 2 nitrogen and oxygen atoms in total. The third kappa shape index (κ3) is 2.99. The van der Waals surface area contributed by atoms with Gasteiger partial charge in [0, 0.05) is 12.8 Å². The molecule has 90 valence electrons. The summed E-state index contributed by atoms with van der Waals surface area (Å²) in [6.07, 6.45) is 0. The van der Waals surface area contributed by atoms with E-state index in [4.69, 9.17) is 4.74 Å². The van der Waals surface area contributed by atoms with Crippen LogP contribution in [0.2, 0.25) is 0 Å². The molecule has 0 aliphatic carbocycles. The van der Waals surface area contributed by atoms with Gasteiger partial charge in [-0.1, -0.05) is 32.9 Å². The fraction of sp³-hybridized carbons (Fsp3) is 0.571. The highest BCUT2D eigenvalue weighted by Crippen LogP contribution is 2.29. The van der Waals surface area contributed by atoms with Crippen LogP contribution in [-0.2, 0) is 10.2 Å². The van der Waals surface area contributed by atoms with Crippen molar-refractivity contribution in [3.8, 4) is 0 Å². The molecule has 0 aromatic heterocycles. The van der Waals surface area contributed by atoms with Crippen molar-refractivity contribution >= 4 is 5.69 Å². The fourth-order valence-electron chi connectivity index (χ4n) is 1.82. The third-order valence-corrected chi connectivity index (χ3v) is 2.79. The molecule has 0 unspecified atom stereocenters. The van der Waals surface area contributed by atoms with Crippen LogP contribution in [0.15, 0.2) is 12.1 Å². The maximum Gasteiger partial charge on any atom is 0.116 e. The molecule has 1 rings (SSSR count). The summed E-state index contributed by atoms with van der Waals surface area (Å²) >= 11 is 0. The van der Waals surface area contributed by atoms with Gasteiger partial charge < -0.3 is 10.1 Å². The molecule has 0 atom stereocenters. The molecule has 1 aromatic rings. The molecule has 0 aliphatic rings. The second kappa shape index (κ2) is 4.88. The first-order valence-electron chi connectivity index (χ1n) is 5.71. The Kier molecular flexibility index (Phi) is 3.98. The van der Waals surface area contributed by atoms with Crippen molar-refractivity contribution in [2.45, 2.75) is 40.0 Å². The van der Waals surface area contributed by atoms with E-state index in [0.717, 1.165) is 0 Å². The summed E-state index contributed by atoms with van der Waals surface area (Å²) in [7, 11) is 1.70. The van der Waals surface area contributed by atoms with Crippen LogP contribution in [0.5, 0.6) is 0 Å². The lowest BCUT2D eigenvalue weighted by Gasteiger charge is -2.22. The summed E-state index contributed by atoms with van der Waals surface area (Å²) < 4.78 is 5.04. The third-order valence-electron chi connectivity index (χ3n) is 2.79. The molecule has 0 saturated heterocycles. The molecule has 0 saturated carbocycles. The van der Waals surface area contributed by atoms with E-state index in [-0.39, 0.29) is 5.41 Å².